The highest BCUT2D eigenvalue weighted by Crippen LogP contribution is 2.40. The monoisotopic (exact) mass is 336 g/mol. The SMILES string of the molecule is CCOc1ccc(C(=O)CN2CCNCC2)c(OCC)c1OCC. The molecule has 0 radical (unpaired) electrons. The molecule has 1 aliphatic rings. The van der Waals surface area contributed by atoms with Crippen LogP contribution in [-0.2, 0) is 0 Å². The van der Waals surface area contributed by atoms with E-state index in [0.717, 1.165) is 26.2 Å². The molecule has 1 aliphatic heterocycles. The second-order valence-electron chi connectivity index (χ2n) is 5.52. The van der Waals surface area contributed by atoms with Crippen LogP contribution >= 0.6 is 0 Å². The molecule has 134 valence electrons. The molecule has 0 bridgehead atoms. The van der Waals surface area contributed by atoms with E-state index in [2.05, 4.69) is 10.2 Å². The molecule has 0 unspecified atom stereocenters. The normalized spacial score (nSPS) is 15.1. The molecule has 1 aromatic rings. The zero-order valence-corrected chi connectivity index (χ0v) is 14.9. The first kappa shape index (κ1) is 18.5. The molecule has 1 aromatic carbocycles. The summed E-state index contributed by atoms with van der Waals surface area (Å²) in [4.78, 5) is 15.0. The number of carbonyl (C=O) groups excluding carboxylic acids is 1. The molecule has 1 heterocycles. The standard InChI is InChI=1S/C18H28N2O4/c1-4-22-16-8-7-14(17(23-5-2)18(16)24-6-3)15(21)13-20-11-9-19-10-12-20/h7-8,19H,4-6,9-13H2,1-3H3. The highest BCUT2D eigenvalue weighted by Gasteiger charge is 2.23. The predicted molar refractivity (Wildman–Crippen MR) is 93.6 cm³/mol. The van der Waals surface area contributed by atoms with Gasteiger partial charge in [0.25, 0.3) is 0 Å². The minimum Gasteiger partial charge on any atom is -0.490 e. The second kappa shape index (κ2) is 9.49. The van der Waals surface area contributed by atoms with Gasteiger partial charge in [-0.1, -0.05) is 0 Å². The lowest BCUT2D eigenvalue weighted by Crippen LogP contribution is -2.45. The Balaban J connectivity index is 2.29. The molecule has 6 heteroatoms. The molecule has 0 atom stereocenters. The van der Waals surface area contributed by atoms with Gasteiger partial charge in [-0.25, -0.2) is 0 Å². The molecule has 0 spiro atoms. The van der Waals surface area contributed by atoms with Crippen molar-refractivity contribution in [2.75, 3.05) is 52.5 Å². The first-order valence-corrected chi connectivity index (χ1v) is 8.72. The third-order valence-corrected chi connectivity index (χ3v) is 3.83. The third kappa shape index (κ3) is 4.61. The lowest BCUT2D eigenvalue weighted by Gasteiger charge is -2.27. The first-order valence-electron chi connectivity index (χ1n) is 8.72. The zero-order chi connectivity index (χ0) is 17.4. The summed E-state index contributed by atoms with van der Waals surface area (Å²) < 4.78 is 17.1. The van der Waals surface area contributed by atoms with E-state index < -0.39 is 0 Å². The maximum Gasteiger partial charge on any atom is 0.204 e. The fourth-order valence-corrected chi connectivity index (χ4v) is 2.76. The van der Waals surface area contributed by atoms with Crippen molar-refractivity contribution in [1.29, 1.82) is 0 Å². The predicted octanol–water partition coefficient (Wildman–Crippen LogP) is 1.97. The number of piperazine rings is 1. The largest absolute Gasteiger partial charge is 0.490 e. The van der Waals surface area contributed by atoms with Gasteiger partial charge in [0, 0.05) is 26.2 Å². The van der Waals surface area contributed by atoms with E-state index in [0.29, 0.717) is 49.2 Å². The fraction of sp³-hybridized carbons (Fsp3) is 0.611. The molecule has 1 saturated heterocycles. The number of rotatable bonds is 9. The van der Waals surface area contributed by atoms with E-state index in [1.54, 1.807) is 12.1 Å². The Hall–Kier alpha value is -1.79. The van der Waals surface area contributed by atoms with E-state index >= 15 is 0 Å². The summed E-state index contributed by atoms with van der Waals surface area (Å²) in [5.74, 6) is 1.67. The van der Waals surface area contributed by atoms with Crippen molar-refractivity contribution in [3.05, 3.63) is 17.7 Å². The topological polar surface area (TPSA) is 60.0 Å². The van der Waals surface area contributed by atoms with E-state index in [-0.39, 0.29) is 5.78 Å². The van der Waals surface area contributed by atoms with Gasteiger partial charge < -0.3 is 19.5 Å². The van der Waals surface area contributed by atoms with Crippen molar-refractivity contribution < 1.29 is 19.0 Å². The van der Waals surface area contributed by atoms with Crippen LogP contribution in [-0.4, -0.2) is 63.2 Å². The summed E-state index contributed by atoms with van der Waals surface area (Å²) in [6, 6.07) is 3.57. The number of hydrogen-bond donors (Lipinski definition) is 1. The van der Waals surface area contributed by atoms with E-state index in [4.69, 9.17) is 14.2 Å². The Kier molecular flexibility index (Phi) is 7.34. The summed E-state index contributed by atoms with van der Waals surface area (Å²) in [6.45, 7) is 11.2. The fourth-order valence-electron chi connectivity index (χ4n) is 2.76. The minimum absolute atomic E-state index is 0.0457. The molecule has 24 heavy (non-hydrogen) atoms. The molecule has 1 fully saturated rings. The van der Waals surface area contributed by atoms with Gasteiger partial charge in [0.05, 0.1) is 31.9 Å². The van der Waals surface area contributed by atoms with Crippen molar-refractivity contribution in [3.8, 4) is 17.2 Å². The number of nitrogens with zero attached hydrogens (tertiary/aromatic N) is 1. The van der Waals surface area contributed by atoms with Crippen molar-refractivity contribution in [3.63, 3.8) is 0 Å². The Labute approximate surface area is 144 Å². The van der Waals surface area contributed by atoms with Gasteiger partial charge in [-0.2, -0.15) is 0 Å². The summed E-state index contributed by atoms with van der Waals surface area (Å²) in [6.07, 6.45) is 0. The molecule has 0 aliphatic carbocycles. The number of carbonyl (C=O) groups is 1. The number of ether oxygens (including phenoxy) is 3. The van der Waals surface area contributed by atoms with Gasteiger partial charge in [-0.15, -0.1) is 0 Å². The smallest absolute Gasteiger partial charge is 0.204 e. The molecule has 1 N–H and O–H groups in total. The minimum atomic E-state index is 0.0457. The van der Waals surface area contributed by atoms with Crippen LogP contribution in [0.25, 0.3) is 0 Å². The van der Waals surface area contributed by atoms with Gasteiger partial charge in [-0.05, 0) is 32.9 Å². The number of Topliss-reactive ketones (excluding diaryl/α,β-unsaturated/α-hetero) is 1. The summed E-state index contributed by atoms with van der Waals surface area (Å²) >= 11 is 0. The lowest BCUT2D eigenvalue weighted by atomic mass is 10.1. The Morgan fingerprint density at radius 1 is 1.00 bits per heavy atom. The maximum absolute atomic E-state index is 12.8. The average Bonchev–Trinajstić information content (AvgIpc) is 2.59. The van der Waals surface area contributed by atoms with Crippen LogP contribution in [0.3, 0.4) is 0 Å². The van der Waals surface area contributed by atoms with Crippen LogP contribution in [0, 0.1) is 0 Å². The van der Waals surface area contributed by atoms with E-state index in [9.17, 15) is 4.79 Å². The van der Waals surface area contributed by atoms with E-state index in [1.165, 1.54) is 0 Å². The lowest BCUT2D eigenvalue weighted by molar-refractivity contribution is 0.0916. The highest BCUT2D eigenvalue weighted by atomic mass is 16.5. The molecule has 0 saturated carbocycles. The molecule has 6 nitrogen and oxygen atoms in total. The van der Waals surface area contributed by atoms with Crippen LogP contribution < -0.4 is 19.5 Å². The summed E-state index contributed by atoms with van der Waals surface area (Å²) in [5.41, 5.74) is 0.558. The van der Waals surface area contributed by atoms with Crippen molar-refractivity contribution in [2.24, 2.45) is 0 Å². The number of hydrogen-bond acceptors (Lipinski definition) is 6. The van der Waals surface area contributed by atoms with Crippen LogP contribution in [0.1, 0.15) is 31.1 Å². The zero-order valence-electron chi connectivity index (χ0n) is 14.9. The van der Waals surface area contributed by atoms with Crippen molar-refractivity contribution >= 4 is 5.78 Å². The van der Waals surface area contributed by atoms with Gasteiger partial charge in [-0.3, -0.25) is 9.69 Å². The van der Waals surface area contributed by atoms with Crippen LogP contribution in [0.15, 0.2) is 12.1 Å². The number of benzene rings is 1. The van der Waals surface area contributed by atoms with Crippen LogP contribution in [0.4, 0.5) is 0 Å². The van der Waals surface area contributed by atoms with Crippen LogP contribution in [0.2, 0.25) is 0 Å². The molecular formula is C18H28N2O4. The van der Waals surface area contributed by atoms with Gasteiger partial charge in [0.2, 0.25) is 5.75 Å². The third-order valence-electron chi connectivity index (χ3n) is 3.83. The Bertz CT molecular complexity index is 542. The second-order valence-corrected chi connectivity index (χ2v) is 5.52. The Morgan fingerprint density at radius 2 is 1.62 bits per heavy atom. The highest BCUT2D eigenvalue weighted by molar-refractivity contribution is 6.01. The quantitative estimate of drug-likeness (QED) is 0.696. The van der Waals surface area contributed by atoms with Gasteiger partial charge >= 0.3 is 0 Å². The molecule has 0 amide bonds. The molecule has 2 rings (SSSR count). The summed E-state index contributed by atoms with van der Waals surface area (Å²) in [5, 5.41) is 3.29. The number of ketones is 1. The summed E-state index contributed by atoms with van der Waals surface area (Å²) in [7, 11) is 0. The average molecular weight is 336 g/mol. The van der Waals surface area contributed by atoms with Gasteiger partial charge in [0.15, 0.2) is 17.3 Å². The van der Waals surface area contributed by atoms with E-state index in [1.807, 2.05) is 20.8 Å². The van der Waals surface area contributed by atoms with Crippen LogP contribution in [0.5, 0.6) is 17.2 Å². The van der Waals surface area contributed by atoms with Crippen molar-refractivity contribution in [1.82, 2.24) is 10.2 Å². The number of nitrogens with one attached hydrogen (secondary N) is 1. The molecular weight excluding hydrogens is 308 g/mol. The molecule has 0 aromatic heterocycles. The van der Waals surface area contributed by atoms with Crippen molar-refractivity contribution in [2.45, 2.75) is 20.8 Å². The maximum atomic E-state index is 12.8. The first-order chi connectivity index (χ1) is 11.7. The van der Waals surface area contributed by atoms with Gasteiger partial charge in [0.1, 0.15) is 0 Å². The Morgan fingerprint density at radius 3 is 2.25 bits per heavy atom.